The molecule has 0 bridgehead atoms. The average Bonchev–Trinajstić information content (AvgIpc) is 2.86. The number of halogens is 2. The summed E-state index contributed by atoms with van der Waals surface area (Å²) < 4.78 is 27.5. The monoisotopic (exact) mass is 376 g/mol. The van der Waals surface area contributed by atoms with E-state index in [1.54, 1.807) is 16.7 Å². The first-order valence-electron chi connectivity index (χ1n) is 8.64. The maximum Gasteiger partial charge on any atom is 0.321 e. The number of hydrogen-bond acceptors (Lipinski definition) is 2. The Bertz CT molecular complexity index is 812. The maximum atomic E-state index is 14.0. The first-order chi connectivity index (χ1) is 12.4. The largest absolute Gasteiger partial charge is 0.324 e. The molecule has 0 aliphatic carbocycles. The van der Waals surface area contributed by atoms with Crippen molar-refractivity contribution in [2.75, 3.05) is 24.2 Å². The molecule has 1 fully saturated rings. The van der Waals surface area contributed by atoms with Crippen LogP contribution in [0.15, 0.2) is 36.4 Å². The molecule has 0 spiro atoms. The lowest BCUT2D eigenvalue weighted by Gasteiger charge is -2.21. The second-order valence-corrected chi connectivity index (χ2v) is 7.84. The predicted octanol–water partition coefficient (Wildman–Crippen LogP) is 5.29. The van der Waals surface area contributed by atoms with Gasteiger partial charge in [-0.15, -0.1) is 0 Å². The number of carbonyl (C=O) groups is 1. The lowest BCUT2D eigenvalue weighted by atomic mass is 10.1. The summed E-state index contributed by atoms with van der Waals surface area (Å²) in [5.74, 6) is -0.145. The molecule has 0 aromatic heterocycles. The lowest BCUT2D eigenvalue weighted by molar-refractivity contribution is 0.215. The average molecular weight is 376 g/mol. The van der Waals surface area contributed by atoms with E-state index in [2.05, 4.69) is 5.32 Å². The predicted molar refractivity (Wildman–Crippen MR) is 103 cm³/mol. The number of benzene rings is 2. The topological polar surface area (TPSA) is 32.3 Å². The molecular formula is C20H22F2N2OS. The fourth-order valence-electron chi connectivity index (χ4n) is 3.00. The highest BCUT2D eigenvalue weighted by Crippen LogP contribution is 2.36. The third-order valence-corrected chi connectivity index (χ3v) is 6.00. The molecule has 0 saturated carbocycles. The molecule has 1 atom stereocenters. The van der Waals surface area contributed by atoms with Gasteiger partial charge in [-0.05, 0) is 61.7 Å². The number of urea groups is 1. The Labute approximate surface area is 156 Å². The number of carbonyl (C=O) groups excluding carboxylic acids is 1. The van der Waals surface area contributed by atoms with Crippen LogP contribution >= 0.6 is 11.8 Å². The van der Waals surface area contributed by atoms with Crippen molar-refractivity contribution in [3.63, 3.8) is 0 Å². The summed E-state index contributed by atoms with van der Waals surface area (Å²) in [6.07, 6.45) is 0.589. The smallest absolute Gasteiger partial charge is 0.321 e. The van der Waals surface area contributed by atoms with E-state index in [1.807, 2.05) is 32.0 Å². The summed E-state index contributed by atoms with van der Waals surface area (Å²) in [5, 5.41) is 2.78. The molecule has 1 heterocycles. The fraction of sp³-hybridized carbons (Fsp3) is 0.350. The van der Waals surface area contributed by atoms with Crippen molar-refractivity contribution in [2.45, 2.75) is 25.5 Å². The molecule has 1 unspecified atom stereocenters. The third kappa shape index (κ3) is 4.36. The molecule has 3 nitrogen and oxygen atoms in total. The van der Waals surface area contributed by atoms with Crippen LogP contribution in [-0.2, 0) is 0 Å². The van der Waals surface area contributed by atoms with E-state index in [-0.39, 0.29) is 11.3 Å². The summed E-state index contributed by atoms with van der Waals surface area (Å²) in [4.78, 5) is 14.3. The molecule has 1 aliphatic rings. The summed E-state index contributed by atoms with van der Waals surface area (Å²) in [5.41, 5.74) is 3.44. The highest BCUT2D eigenvalue weighted by molar-refractivity contribution is 7.99. The van der Waals surface area contributed by atoms with E-state index in [0.717, 1.165) is 17.3 Å². The summed E-state index contributed by atoms with van der Waals surface area (Å²) >= 11 is 1.56. The number of nitrogens with one attached hydrogen (secondary N) is 1. The quantitative estimate of drug-likeness (QED) is 0.772. The zero-order valence-electron chi connectivity index (χ0n) is 14.9. The van der Waals surface area contributed by atoms with Crippen LogP contribution in [0.5, 0.6) is 0 Å². The number of hydrogen-bond donors (Lipinski definition) is 1. The molecule has 138 valence electrons. The second kappa shape index (κ2) is 8.08. The third-order valence-electron chi connectivity index (χ3n) is 4.69. The van der Waals surface area contributed by atoms with Crippen molar-refractivity contribution in [3.05, 3.63) is 64.7 Å². The maximum absolute atomic E-state index is 14.0. The molecule has 6 heteroatoms. The van der Waals surface area contributed by atoms with Crippen molar-refractivity contribution in [1.82, 2.24) is 4.90 Å². The van der Waals surface area contributed by atoms with Crippen LogP contribution in [0.3, 0.4) is 0 Å². The van der Waals surface area contributed by atoms with Gasteiger partial charge in [0.15, 0.2) is 0 Å². The van der Waals surface area contributed by atoms with Crippen molar-refractivity contribution in [1.29, 1.82) is 0 Å². The van der Waals surface area contributed by atoms with Crippen LogP contribution in [-0.4, -0.2) is 29.8 Å². The number of amides is 2. The Balaban J connectivity index is 1.65. The van der Waals surface area contributed by atoms with Gasteiger partial charge in [0.1, 0.15) is 11.6 Å². The molecule has 2 aromatic carbocycles. The highest BCUT2D eigenvalue weighted by atomic mass is 32.2. The normalized spacial score (nSPS) is 17.7. The number of rotatable bonds is 2. The van der Waals surface area contributed by atoms with E-state index < -0.39 is 11.6 Å². The van der Waals surface area contributed by atoms with Gasteiger partial charge in [-0.1, -0.05) is 6.07 Å². The summed E-state index contributed by atoms with van der Waals surface area (Å²) in [6.45, 7) is 5.11. The minimum absolute atomic E-state index is 0.148. The summed E-state index contributed by atoms with van der Waals surface area (Å²) in [7, 11) is 0. The van der Waals surface area contributed by atoms with Crippen molar-refractivity contribution >= 4 is 23.5 Å². The molecular weight excluding hydrogens is 354 g/mol. The minimum Gasteiger partial charge on any atom is -0.324 e. The Kier molecular flexibility index (Phi) is 5.81. The fourth-order valence-corrected chi connectivity index (χ4v) is 4.25. The van der Waals surface area contributed by atoms with Gasteiger partial charge in [-0.3, -0.25) is 0 Å². The molecule has 1 saturated heterocycles. The summed E-state index contributed by atoms with van der Waals surface area (Å²) in [6, 6.07) is 9.21. The number of aryl methyl sites for hydroxylation is 2. The van der Waals surface area contributed by atoms with Gasteiger partial charge in [-0.2, -0.15) is 11.8 Å². The van der Waals surface area contributed by atoms with Crippen LogP contribution in [0.25, 0.3) is 0 Å². The molecule has 26 heavy (non-hydrogen) atoms. The van der Waals surface area contributed by atoms with Gasteiger partial charge in [0.2, 0.25) is 0 Å². The van der Waals surface area contributed by atoms with E-state index >= 15 is 0 Å². The van der Waals surface area contributed by atoms with Gasteiger partial charge < -0.3 is 10.2 Å². The zero-order chi connectivity index (χ0) is 18.7. The SMILES string of the molecule is Cc1ccc(NC(=O)N2CCSC(c3cc(F)ccc3F)CC2)cc1C. The first kappa shape index (κ1) is 18.7. The lowest BCUT2D eigenvalue weighted by Crippen LogP contribution is -2.36. The minimum atomic E-state index is -0.435. The molecule has 1 N–H and O–H groups in total. The molecule has 2 amide bonds. The zero-order valence-corrected chi connectivity index (χ0v) is 15.7. The van der Waals surface area contributed by atoms with Crippen LogP contribution < -0.4 is 5.32 Å². The van der Waals surface area contributed by atoms with E-state index in [9.17, 15) is 13.6 Å². The molecule has 1 aliphatic heterocycles. The highest BCUT2D eigenvalue weighted by Gasteiger charge is 2.24. The van der Waals surface area contributed by atoms with Gasteiger partial charge in [0, 0.05) is 35.3 Å². The second-order valence-electron chi connectivity index (χ2n) is 6.53. The van der Waals surface area contributed by atoms with E-state index in [1.165, 1.54) is 17.7 Å². The Hall–Kier alpha value is -2.08. The van der Waals surface area contributed by atoms with Gasteiger partial charge in [0.05, 0.1) is 0 Å². The van der Waals surface area contributed by atoms with Crippen LogP contribution in [0.4, 0.5) is 19.3 Å². The number of thioether (sulfide) groups is 1. The Morgan fingerprint density at radius 1 is 1.12 bits per heavy atom. The molecule has 0 radical (unpaired) electrons. The molecule has 3 rings (SSSR count). The Morgan fingerprint density at radius 2 is 1.92 bits per heavy atom. The van der Waals surface area contributed by atoms with Crippen LogP contribution in [0, 0.1) is 25.5 Å². The van der Waals surface area contributed by atoms with Gasteiger partial charge in [-0.25, -0.2) is 13.6 Å². The van der Waals surface area contributed by atoms with Crippen LogP contribution in [0.1, 0.15) is 28.4 Å². The van der Waals surface area contributed by atoms with E-state index in [4.69, 9.17) is 0 Å². The van der Waals surface area contributed by atoms with Crippen molar-refractivity contribution in [2.24, 2.45) is 0 Å². The van der Waals surface area contributed by atoms with Gasteiger partial charge >= 0.3 is 6.03 Å². The van der Waals surface area contributed by atoms with Crippen LogP contribution in [0.2, 0.25) is 0 Å². The number of anilines is 1. The number of nitrogens with zero attached hydrogens (tertiary/aromatic N) is 1. The Morgan fingerprint density at radius 3 is 2.69 bits per heavy atom. The van der Waals surface area contributed by atoms with Gasteiger partial charge in [0.25, 0.3) is 0 Å². The first-order valence-corrected chi connectivity index (χ1v) is 9.68. The van der Waals surface area contributed by atoms with E-state index in [0.29, 0.717) is 30.8 Å². The van der Waals surface area contributed by atoms with Crippen molar-refractivity contribution < 1.29 is 13.6 Å². The standard InChI is InChI=1S/C20H22F2N2OS/c1-13-3-5-16(11-14(13)2)23-20(25)24-8-7-19(26-10-9-24)17-12-15(21)4-6-18(17)22/h3-6,11-12,19H,7-10H2,1-2H3,(H,23,25). The van der Waals surface area contributed by atoms with Crippen molar-refractivity contribution in [3.8, 4) is 0 Å². The molecule has 2 aromatic rings.